The van der Waals surface area contributed by atoms with Crippen LogP contribution in [0.1, 0.15) is 38.8 Å². The van der Waals surface area contributed by atoms with Gasteiger partial charge in [0.2, 0.25) is 0 Å². The Morgan fingerprint density at radius 1 is 1.31 bits per heavy atom. The summed E-state index contributed by atoms with van der Waals surface area (Å²) in [7, 11) is 0. The summed E-state index contributed by atoms with van der Waals surface area (Å²) in [4.78, 5) is 21.6. The Bertz CT molecular complexity index is 447. The van der Waals surface area contributed by atoms with Crippen molar-refractivity contribution < 1.29 is 22.8 Å². The Labute approximate surface area is 90.1 Å². The number of hydrogen-bond acceptors (Lipinski definition) is 2. The van der Waals surface area contributed by atoms with Crippen molar-refractivity contribution >= 4 is 12.1 Å². The maximum atomic E-state index is 12.7. The zero-order valence-electron chi connectivity index (χ0n) is 8.68. The number of carbonyl (C=O) groups is 2. The van der Waals surface area contributed by atoms with Crippen LogP contribution in [0.15, 0.2) is 12.1 Å². The van der Waals surface area contributed by atoms with Crippen molar-refractivity contribution in [2.24, 2.45) is 0 Å². The predicted molar refractivity (Wildman–Crippen MR) is 51.6 cm³/mol. The number of Topliss-reactive ketones (excluding diaryl/α,β-unsaturated/α-hetero) is 1. The molecule has 0 bridgehead atoms. The van der Waals surface area contributed by atoms with Gasteiger partial charge in [-0.15, -0.1) is 0 Å². The number of benzene rings is 1. The molecular formula is C11H9F3O2. The van der Waals surface area contributed by atoms with Gasteiger partial charge in [-0.3, -0.25) is 9.59 Å². The topological polar surface area (TPSA) is 34.1 Å². The van der Waals surface area contributed by atoms with Gasteiger partial charge >= 0.3 is 6.18 Å². The van der Waals surface area contributed by atoms with Crippen LogP contribution in [0.25, 0.3) is 0 Å². The van der Waals surface area contributed by atoms with Crippen LogP contribution in [0.3, 0.4) is 0 Å². The molecule has 0 amide bonds. The molecule has 0 radical (unpaired) electrons. The molecule has 0 N–H and O–H groups in total. The zero-order valence-corrected chi connectivity index (χ0v) is 8.68. The minimum absolute atomic E-state index is 0.0158. The van der Waals surface area contributed by atoms with Crippen LogP contribution in [0, 0.1) is 6.92 Å². The molecule has 2 nitrogen and oxygen atoms in total. The Hall–Kier alpha value is -1.65. The maximum absolute atomic E-state index is 12.7. The fourth-order valence-corrected chi connectivity index (χ4v) is 1.59. The van der Waals surface area contributed by atoms with Crippen LogP contribution < -0.4 is 0 Å². The molecule has 16 heavy (non-hydrogen) atoms. The predicted octanol–water partition coefficient (Wildman–Crippen LogP) is 3.03. The third-order valence-corrected chi connectivity index (χ3v) is 2.29. The van der Waals surface area contributed by atoms with Gasteiger partial charge < -0.3 is 0 Å². The lowest BCUT2D eigenvalue weighted by atomic mass is 9.95. The van der Waals surface area contributed by atoms with Gasteiger partial charge in [-0.1, -0.05) is 12.1 Å². The molecular weight excluding hydrogens is 221 g/mol. The van der Waals surface area contributed by atoms with Crippen molar-refractivity contribution in [1.29, 1.82) is 0 Å². The first kappa shape index (κ1) is 12.4. The van der Waals surface area contributed by atoms with E-state index >= 15 is 0 Å². The number of halogens is 3. The number of aldehydes is 1. The number of alkyl halides is 3. The third-order valence-electron chi connectivity index (χ3n) is 2.29. The van der Waals surface area contributed by atoms with Gasteiger partial charge in [-0.25, -0.2) is 0 Å². The Balaban J connectivity index is 3.59. The molecule has 0 saturated heterocycles. The summed E-state index contributed by atoms with van der Waals surface area (Å²) >= 11 is 0. The number of rotatable bonds is 2. The van der Waals surface area contributed by atoms with E-state index in [1.165, 1.54) is 19.9 Å². The van der Waals surface area contributed by atoms with Crippen molar-refractivity contribution in [2.45, 2.75) is 20.0 Å². The minimum Gasteiger partial charge on any atom is -0.298 e. The molecule has 86 valence electrons. The fraction of sp³-hybridized carbons (Fsp3) is 0.273. The Morgan fingerprint density at radius 3 is 2.25 bits per heavy atom. The van der Waals surface area contributed by atoms with Crippen LogP contribution in [-0.4, -0.2) is 12.1 Å². The largest absolute Gasteiger partial charge is 0.417 e. The number of carbonyl (C=O) groups excluding carboxylic acids is 2. The second kappa shape index (κ2) is 4.08. The Morgan fingerprint density at radius 2 is 1.88 bits per heavy atom. The molecule has 0 saturated carbocycles. The number of hydrogen-bond donors (Lipinski definition) is 0. The molecule has 0 aromatic heterocycles. The molecule has 5 heteroatoms. The molecule has 1 rings (SSSR count). The summed E-state index contributed by atoms with van der Waals surface area (Å²) in [6.07, 6.45) is -4.49. The molecule has 0 unspecified atom stereocenters. The van der Waals surface area contributed by atoms with E-state index in [9.17, 15) is 22.8 Å². The van der Waals surface area contributed by atoms with Crippen molar-refractivity contribution in [1.82, 2.24) is 0 Å². The van der Waals surface area contributed by atoms with Gasteiger partial charge in [0.05, 0.1) is 5.56 Å². The van der Waals surface area contributed by atoms with Crippen molar-refractivity contribution in [3.05, 3.63) is 34.4 Å². The molecule has 0 atom stereocenters. The zero-order chi connectivity index (χ0) is 12.5. The monoisotopic (exact) mass is 230 g/mol. The molecule has 1 aromatic carbocycles. The highest BCUT2D eigenvalue weighted by molar-refractivity contribution is 5.97. The lowest BCUT2D eigenvalue weighted by molar-refractivity contribution is -0.138. The van der Waals surface area contributed by atoms with Gasteiger partial charge in [0.1, 0.15) is 0 Å². The van der Waals surface area contributed by atoms with E-state index in [0.29, 0.717) is 0 Å². The summed E-state index contributed by atoms with van der Waals surface area (Å²) < 4.78 is 38.0. The van der Waals surface area contributed by atoms with Gasteiger partial charge in [0.25, 0.3) is 0 Å². The average Bonchev–Trinajstić information content (AvgIpc) is 2.14. The number of ketones is 1. The fourth-order valence-electron chi connectivity index (χ4n) is 1.59. The highest BCUT2D eigenvalue weighted by atomic mass is 19.4. The van der Waals surface area contributed by atoms with Crippen LogP contribution in [0.5, 0.6) is 0 Å². The van der Waals surface area contributed by atoms with E-state index in [1.54, 1.807) is 0 Å². The summed E-state index contributed by atoms with van der Waals surface area (Å²) in [5.74, 6) is -0.458. The molecule has 0 aliphatic rings. The lowest BCUT2D eigenvalue weighted by Crippen LogP contribution is -2.14. The van der Waals surface area contributed by atoms with Gasteiger partial charge in [-0.05, 0) is 19.4 Å². The highest BCUT2D eigenvalue weighted by Gasteiger charge is 2.36. The van der Waals surface area contributed by atoms with Crippen LogP contribution in [-0.2, 0) is 6.18 Å². The highest BCUT2D eigenvalue weighted by Crippen LogP contribution is 2.35. The first-order valence-electron chi connectivity index (χ1n) is 4.46. The summed E-state index contributed by atoms with van der Waals surface area (Å²) in [5, 5.41) is 0. The molecule has 0 fully saturated rings. The second-order valence-corrected chi connectivity index (χ2v) is 3.37. The molecule has 0 heterocycles. The minimum atomic E-state index is -4.63. The van der Waals surface area contributed by atoms with E-state index in [-0.39, 0.29) is 17.4 Å². The van der Waals surface area contributed by atoms with E-state index < -0.39 is 23.1 Å². The summed E-state index contributed by atoms with van der Waals surface area (Å²) in [6, 6.07) is 2.25. The molecule has 0 spiro atoms. The Kier molecular flexibility index (Phi) is 3.16. The van der Waals surface area contributed by atoms with Gasteiger partial charge in [0.15, 0.2) is 12.1 Å². The molecule has 0 aliphatic heterocycles. The van der Waals surface area contributed by atoms with Crippen molar-refractivity contribution in [2.75, 3.05) is 0 Å². The normalized spacial score (nSPS) is 11.3. The van der Waals surface area contributed by atoms with Gasteiger partial charge in [-0.2, -0.15) is 13.2 Å². The smallest absolute Gasteiger partial charge is 0.298 e. The summed E-state index contributed by atoms with van der Waals surface area (Å²) in [6.45, 7) is 2.37. The van der Waals surface area contributed by atoms with E-state index in [0.717, 1.165) is 6.07 Å². The van der Waals surface area contributed by atoms with Gasteiger partial charge in [0, 0.05) is 11.1 Å². The van der Waals surface area contributed by atoms with E-state index in [4.69, 9.17) is 0 Å². The van der Waals surface area contributed by atoms with Crippen LogP contribution in [0.2, 0.25) is 0 Å². The quantitative estimate of drug-likeness (QED) is 0.578. The lowest BCUT2D eigenvalue weighted by Gasteiger charge is -2.14. The first-order chi connectivity index (χ1) is 7.29. The van der Waals surface area contributed by atoms with E-state index in [2.05, 4.69) is 0 Å². The second-order valence-electron chi connectivity index (χ2n) is 3.37. The van der Waals surface area contributed by atoms with Crippen LogP contribution >= 0.6 is 0 Å². The third kappa shape index (κ3) is 2.13. The van der Waals surface area contributed by atoms with Crippen LogP contribution in [0.4, 0.5) is 13.2 Å². The molecule has 0 aliphatic carbocycles. The SMILES string of the molecule is CC(=O)c1ccc(C=O)c(C(F)(F)F)c1C. The maximum Gasteiger partial charge on any atom is 0.417 e. The van der Waals surface area contributed by atoms with E-state index in [1.807, 2.05) is 0 Å². The average molecular weight is 230 g/mol. The molecule has 1 aromatic rings. The van der Waals surface area contributed by atoms with Crippen molar-refractivity contribution in [3.63, 3.8) is 0 Å². The van der Waals surface area contributed by atoms with Crippen molar-refractivity contribution in [3.8, 4) is 0 Å². The first-order valence-corrected chi connectivity index (χ1v) is 4.46. The summed E-state index contributed by atoms with van der Waals surface area (Å²) in [5.41, 5.74) is -1.70. The standard InChI is InChI=1S/C11H9F3O2/c1-6-9(7(2)16)4-3-8(5-15)10(6)11(12,13)14/h3-5H,1-2H3.